The number of aryl methyl sites for hydroxylation is 1. The molecule has 144 valence electrons. The van der Waals surface area contributed by atoms with E-state index >= 15 is 0 Å². The first-order chi connectivity index (χ1) is 12.2. The summed E-state index contributed by atoms with van der Waals surface area (Å²) in [6, 6.07) is 5.92. The maximum atomic E-state index is 12.4. The highest BCUT2D eigenvalue weighted by molar-refractivity contribution is 7.91. The van der Waals surface area contributed by atoms with Crippen LogP contribution in [0.25, 0.3) is 0 Å². The van der Waals surface area contributed by atoms with Crippen molar-refractivity contribution in [2.45, 2.75) is 25.8 Å². The molecule has 1 amide bonds. The average molecular weight is 401 g/mol. The fourth-order valence-corrected chi connectivity index (χ4v) is 6.14. The summed E-state index contributed by atoms with van der Waals surface area (Å²) in [6.07, 6.45) is 0.498. The zero-order valence-electron chi connectivity index (χ0n) is 15.3. The van der Waals surface area contributed by atoms with Crippen LogP contribution in [0.3, 0.4) is 0 Å². The molecule has 2 heterocycles. The highest BCUT2D eigenvalue weighted by atomic mass is 35.5. The van der Waals surface area contributed by atoms with Crippen LogP contribution in [0.5, 0.6) is 0 Å². The van der Waals surface area contributed by atoms with Gasteiger partial charge in [-0.1, -0.05) is 17.7 Å². The summed E-state index contributed by atoms with van der Waals surface area (Å²) in [6.45, 7) is 7.77. The molecule has 2 saturated heterocycles. The van der Waals surface area contributed by atoms with E-state index in [9.17, 15) is 13.2 Å². The van der Waals surface area contributed by atoms with Gasteiger partial charge in [0.2, 0.25) is 0 Å². The van der Waals surface area contributed by atoms with Gasteiger partial charge in [0, 0.05) is 10.7 Å². The second-order valence-electron chi connectivity index (χ2n) is 7.80. The van der Waals surface area contributed by atoms with Crippen molar-refractivity contribution in [1.29, 1.82) is 0 Å². The number of quaternary nitrogens is 1. The molecule has 1 atom stereocenters. The molecule has 1 aromatic rings. The van der Waals surface area contributed by atoms with Gasteiger partial charge in [0.25, 0.3) is 5.91 Å². The number of hydrogen-bond donors (Lipinski definition) is 2. The molecular weight excluding hydrogens is 374 g/mol. The van der Waals surface area contributed by atoms with Crippen molar-refractivity contribution in [3.8, 4) is 0 Å². The summed E-state index contributed by atoms with van der Waals surface area (Å²) in [5, 5.41) is 3.68. The minimum Gasteiger partial charge on any atom is -0.360 e. The third kappa shape index (κ3) is 4.69. The van der Waals surface area contributed by atoms with Crippen LogP contribution in [-0.2, 0) is 14.6 Å². The molecule has 8 heteroatoms. The first-order valence-electron chi connectivity index (χ1n) is 9.02. The number of nitrogens with one attached hydrogen (secondary N) is 2. The fraction of sp³-hybridized carbons (Fsp3) is 0.611. The van der Waals surface area contributed by atoms with Crippen LogP contribution in [0.15, 0.2) is 18.2 Å². The van der Waals surface area contributed by atoms with Crippen molar-refractivity contribution in [1.82, 2.24) is 5.32 Å². The van der Waals surface area contributed by atoms with E-state index in [-0.39, 0.29) is 17.4 Å². The van der Waals surface area contributed by atoms with E-state index in [4.69, 9.17) is 11.6 Å². The molecule has 2 fully saturated rings. The van der Waals surface area contributed by atoms with E-state index in [1.807, 2.05) is 25.1 Å². The second kappa shape index (κ2) is 7.37. The van der Waals surface area contributed by atoms with Gasteiger partial charge in [-0.3, -0.25) is 4.79 Å². The quantitative estimate of drug-likeness (QED) is 0.749. The summed E-state index contributed by atoms with van der Waals surface area (Å²) in [5.74, 6) is 0.143. The van der Waals surface area contributed by atoms with E-state index in [1.165, 1.54) is 10.5 Å². The monoisotopic (exact) mass is 400 g/mol. The minimum atomic E-state index is -3.02. The second-order valence-corrected chi connectivity index (χ2v) is 10.4. The molecule has 0 aliphatic carbocycles. The molecule has 0 spiro atoms. The molecule has 0 bridgehead atoms. The van der Waals surface area contributed by atoms with E-state index < -0.39 is 15.4 Å². The summed E-state index contributed by atoms with van der Waals surface area (Å²) < 4.78 is 23.3. The number of anilines is 1. The Bertz CT molecular complexity index is 791. The summed E-state index contributed by atoms with van der Waals surface area (Å²) in [4.78, 5) is 15.9. The highest BCUT2D eigenvalue weighted by Crippen LogP contribution is 2.24. The molecule has 2 aliphatic rings. The predicted octanol–water partition coefficient (Wildman–Crippen LogP) is 0.0467. The highest BCUT2D eigenvalue weighted by Gasteiger charge is 2.40. The van der Waals surface area contributed by atoms with Gasteiger partial charge >= 0.3 is 0 Å². The van der Waals surface area contributed by atoms with Crippen LogP contribution < -0.4 is 15.1 Å². The zero-order chi connectivity index (χ0) is 18.9. The standard InChI is InChI=1S/C18H26ClN3O3S/c1-14-3-4-15(19)11-16(14)22-8-6-21(7-9-22)12-17(23)20-18(2)5-10-26(24,25)13-18/h3-4,11H,5-10,12-13H2,1-2H3,(H,20,23)/p+1/t18-/m0/s1. The van der Waals surface area contributed by atoms with Crippen LogP contribution in [0.2, 0.25) is 5.02 Å². The van der Waals surface area contributed by atoms with E-state index in [0.717, 1.165) is 36.9 Å². The van der Waals surface area contributed by atoms with Gasteiger partial charge in [-0.15, -0.1) is 0 Å². The third-order valence-electron chi connectivity index (χ3n) is 5.34. The van der Waals surface area contributed by atoms with E-state index in [0.29, 0.717) is 13.0 Å². The Morgan fingerprint density at radius 3 is 2.65 bits per heavy atom. The number of carbonyl (C=O) groups is 1. The number of nitrogens with zero attached hydrogens (tertiary/aromatic N) is 1. The van der Waals surface area contributed by atoms with Gasteiger partial charge in [-0.2, -0.15) is 0 Å². The number of benzene rings is 1. The van der Waals surface area contributed by atoms with Gasteiger partial charge < -0.3 is 15.1 Å². The number of rotatable bonds is 4. The molecule has 0 radical (unpaired) electrons. The lowest BCUT2D eigenvalue weighted by atomic mass is 10.0. The maximum Gasteiger partial charge on any atom is 0.275 e. The molecule has 2 aliphatic heterocycles. The van der Waals surface area contributed by atoms with Gasteiger partial charge in [0.1, 0.15) is 0 Å². The van der Waals surface area contributed by atoms with Crippen molar-refractivity contribution in [2.75, 3.05) is 49.1 Å². The molecule has 0 unspecified atom stereocenters. The molecule has 3 rings (SSSR count). The Hall–Kier alpha value is -1.31. The van der Waals surface area contributed by atoms with Crippen LogP contribution >= 0.6 is 11.6 Å². The summed E-state index contributed by atoms with van der Waals surface area (Å²) >= 11 is 6.12. The number of piperazine rings is 1. The van der Waals surface area contributed by atoms with Gasteiger partial charge in [0.15, 0.2) is 16.4 Å². The lowest BCUT2D eigenvalue weighted by Crippen LogP contribution is -3.16. The first-order valence-corrected chi connectivity index (χ1v) is 11.2. The largest absolute Gasteiger partial charge is 0.360 e. The Morgan fingerprint density at radius 1 is 1.35 bits per heavy atom. The molecule has 6 nitrogen and oxygen atoms in total. The fourth-order valence-electron chi connectivity index (χ4n) is 3.88. The maximum absolute atomic E-state index is 12.4. The Labute approximate surface area is 160 Å². The predicted molar refractivity (Wildman–Crippen MR) is 104 cm³/mol. The lowest BCUT2D eigenvalue weighted by Gasteiger charge is -2.34. The Morgan fingerprint density at radius 2 is 2.04 bits per heavy atom. The molecular formula is C18H27ClN3O3S+. The van der Waals surface area contributed by atoms with Crippen LogP contribution in [-0.4, -0.2) is 64.1 Å². The Kier molecular flexibility index (Phi) is 5.51. The zero-order valence-corrected chi connectivity index (χ0v) is 16.9. The van der Waals surface area contributed by atoms with Gasteiger partial charge in [0.05, 0.1) is 43.2 Å². The number of amides is 1. The smallest absolute Gasteiger partial charge is 0.275 e. The molecule has 1 aromatic carbocycles. The van der Waals surface area contributed by atoms with Crippen molar-refractivity contribution in [2.24, 2.45) is 0 Å². The molecule has 26 heavy (non-hydrogen) atoms. The van der Waals surface area contributed by atoms with Crippen molar-refractivity contribution < 1.29 is 18.1 Å². The van der Waals surface area contributed by atoms with E-state index in [2.05, 4.69) is 17.1 Å². The number of carbonyl (C=O) groups excluding carboxylic acids is 1. The molecule has 2 N–H and O–H groups in total. The Balaban J connectivity index is 1.51. The number of halogens is 1. The van der Waals surface area contributed by atoms with Crippen LogP contribution in [0.1, 0.15) is 18.9 Å². The minimum absolute atomic E-state index is 0.0445. The summed E-state index contributed by atoms with van der Waals surface area (Å²) in [5.41, 5.74) is 1.74. The van der Waals surface area contributed by atoms with Crippen molar-refractivity contribution in [3.63, 3.8) is 0 Å². The van der Waals surface area contributed by atoms with E-state index in [1.54, 1.807) is 0 Å². The molecule has 0 aromatic heterocycles. The van der Waals surface area contributed by atoms with Crippen molar-refractivity contribution in [3.05, 3.63) is 28.8 Å². The van der Waals surface area contributed by atoms with Crippen molar-refractivity contribution >= 4 is 33.0 Å². The normalized spacial score (nSPS) is 26.0. The third-order valence-corrected chi connectivity index (χ3v) is 7.48. The number of sulfone groups is 1. The average Bonchev–Trinajstić information content (AvgIpc) is 2.83. The van der Waals surface area contributed by atoms with Crippen LogP contribution in [0.4, 0.5) is 5.69 Å². The van der Waals surface area contributed by atoms with Gasteiger partial charge in [-0.25, -0.2) is 8.42 Å². The number of hydrogen-bond acceptors (Lipinski definition) is 4. The molecule has 0 saturated carbocycles. The van der Waals surface area contributed by atoms with Gasteiger partial charge in [-0.05, 0) is 38.0 Å². The topological polar surface area (TPSA) is 70.9 Å². The van der Waals surface area contributed by atoms with Crippen LogP contribution in [0, 0.1) is 6.92 Å². The lowest BCUT2D eigenvalue weighted by molar-refractivity contribution is -0.892. The SMILES string of the molecule is Cc1ccc(Cl)cc1N1CC[NH+](CC(=O)N[C@@]2(C)CCS(=O)(=O)C2)CC1. The first kappa shape index (κ1) is 19.5. The summed E-state index contributed by atoms with van der Waals surface area (Å²) in [7, 11) is -3.02.